The highest BCUT2D eigenvalue weighted by Gasteiger charge is 1.75. The van der Waals surface area contributed by atoms with Gasteiger partial charge in [0, 0.05) is 0 Å². The molecule has 0 heterocycles. The van der Waals surface area contributed by atoms with Crippen LogP contribution in [0.5, 0.6) is 0 Å². The van der Waals surface area contributed by atoms with E-state index in [1.54, 1.807) is 0 Å². The molecule has 68 valence electrons. The SMILES string of the molecule is C=CC(=S)OC.C=CC(=S)OC. The maximum Gasteiger partial charge on any atom is 0.182 e. The van der Waals surface area contributed by atoms with Crippen LogP contribution in [0.3, 0.4) is 0 Å². The van der Waals surface area contributed by atoms with Crippen LogP contribution < -0.4 is 0 Å². The summed E-state index contributed by atoms with van der Waals surface area (Å²) in [6.07, 6.45) is 2.96. The second-order valence-corrected chi connectivity index (χ2v) is 2.26. The molecule has 0 bridgehead atoms. The van der Waals surface area contributed by atoms with Crippen LogP contribution in [0.25, 0.3) is 0 Å². The van der Waals surface area contributed by atoms with Gasteiger partial charge in [0.1, 0.15) is 0 Å². The molecule has 0 radical (unpaired) electrons. The number of rotatable bonds is 2. The Morgan fingerprint density at radius 1 is 1.00 bits per heavy atom. The van der Waals surface area contributed by atoms with Crippen molar-refractivity contribution >= 4 is 34.5 Å². The van der Waals surface area contributed by atoms with Gasteiger partial charge in [-0.15, -0.1) is 0 Å². The molecule has 4 heteroatoms. The molecule has 2 nitrogen and oxygen atoms in total. The molecule has 0 spiro atoms. The van der Waals surface area contributed by atoms with E-state index < -0.39 is 0 Å². The molecule has 0 N–H and O–H groups in total. The van der Waals surface area contributed by atoms with Gasteiger partial charge < -0.3 is 9.47 Å². The first-order valence-corrected chi connectivity index (χ1v) is 3.84. The van der Waals surface area contributed by atoms with Gasteiger partial charge in [-0.1, -0.05) is 13.2 Å². The third-order valence-corrected chi connectivity index (χ3v) is 1.40. The average Bonchev–Trinajstić information content (AvgIpc) is 2.16. The van der Waals surface area contributed by atoms with Gasteiger partial charge >= 0.3 is 0 Å². The molecule has 0 atom stereocenters. The summed E-state index contributed by atoms with van der Waals surface area (Å²) < 4.78 is 9.03. The van der Waals surface area contributed by atoms with Gasteiger partial charge in [0.15, 0.2) is 10.1 Å². The Bertz CT molecular complexity index is 156. The summed E-state index contributed by atoms with van der Waals surface area (Å²) in [6.45, 7) is 6.73. The van der Waals surface area contributed by atoms with E-state index >= 15 is 0 Å². The van der Waals surface area contributed by atoms with Gasteiger partial charge in [0.25, 0.3) is 0 Å². The van der Waals surface area contributed by atoms with Crippen molar-refractivity contribution in [2.75, 3.05) is 14.2 Å². The molecular weight excluding hydrogens is 192 g/mol. The first kappa shape index (κ1) is 13.8. The lowest BCUT2D eigenvalue weighted by atomic mass is 10.7. The summed E-state index contributed by atoms with van der Waals surface area (Å²) in [5.41, 5.74) is 0. The van der Waals surface area contributed by atoms with Crippen molar-refractivity contribution in [1.82, 2.24) is 0 Å². The van der Waals surface area contributed by atoms with Gasteiger partial charge in [-0.2, -0.15) is 0 Å². The molecule has 0 aromatic carbocycles. The van der Waals surface area contributed by atoms with Crippen molar-refractivity contribution in [2.24, 2.45) is 0 Å². The van der Waals surface area contributed by atoms with E-state index in [9.17, 15) is 0 Å². The van der Waals surface area contributed by atoms with Crippen LogP contribution in [-0.2, 0) is 9.47 Å². The number of thiocarbonyl (C=S) groups is 2. The average molecular weight is 204 g/mol. The number of hydrogen-bond acceptors (Lipinski definition) is 4. The van der Waals surface area contributed by atoms with E-state index in [0.717, 1.165) is 0 Å². The zero-order valence-corrected chi connectivity index (χ0v) is 8.83. The molecular formula is C8H12O2S2. The minimum atomic E-state index is 0.440. The molecule has 0 saturated heterocycles. The van der Waals surface area contributed by atoms with Gasteiger partial charge in [-0.3, -0.25) is 0 Å². The Labute approximate surface area is 83.9 Å². The third kappa shape index (κ3) is 12.0. The van der Waals surface area contributed by atoms with Gasteiger partial charge in [-0.05, 0) is 36.6 Å². The van der Waals surface area contributed by atoms with Crippen molar-refractivity contribution in [1.29, 1.82) is 0 Å². The summed E-state index contributed by atoms with van der Waals surface area (Å²) >= 11 is 9.03. The monoisotopic (exact) mass is 204 g/mol. The summed E-state index contributed by atoms with van der Waals surface area (Å²) in [6, 6.07) is 0. The normalized spacial score (nSPS) is 6.83. The lowest BCUT2D eigenvalue weighted by Gasteiger charge is -1.87. The minimum Gasteiger partial charge on any atom is -0.487 e. The summed E-state index contributed by atoms with van der Waals surface area (Å²) in [5, 5.41) is 0.880. The molecule has 0 amide bonds. The molecule has 0 aliphatic carbocycles. The molecule has 0 aliphatic rings. The van der Waals surface area contributed by atoms with Crippen LogP contribution in [0.4, 0.5) is 0 Å². The third-order valence-electron chi connectivity index (χ3n) is 0.736. The molecule has 0 aromatic rings. The van der Waals surface area contributed by atoms with Crippen molar-refractivity contribution < 1.29 is 9.47 Å². The highest BCUT2D eigenvalue weighted by atomic mass is 32.1. The van der Waals surface area contributed by atoms with Crippen LogP contribution in [0.15, 0.2) is 25.3 Å². The van der Waals surface area contributed by atoms with E-state index in [-0.39, 0.29) is 0 Å². The Morgan fingerprint density at radius 2 is 1.25 bits per heavy atom. The smallest absolute Gasteiger partial charge is 0.182 e. The fourth-order valence-electron chi connectivity index (χ4n) is 0.167. The Morgan fingerprint density at radius 3 is 1.25 bits per heavy atom. The molecule has 0 saturated carbocycles. The lowest BCUT2D eigenvalue weighted by molar-refractivity contribution is 0.418. The first-order valence-electron chi connectivity index (χ1n) is 3.03. The topological polar surface area (TPSA) is 18.5 Å². The minimum absolute atomic E-state index is 0.440. The zero-order chi connectivity index (χ0) is 9.98. The highest BCUT2D eigenvalue weighted by Crippen LogP contribution is 1.75. The van der Waals surface area contributed by atoms with E-state index in [2.05, 4.69) is 47.1 Å². The van der Waals surface area contributed by atoms with E-state index in [1.165, 1.54) is 26.4 Å². The first-order chi connectivity index (χ1) is 5.62. The standard InChI is InChI=1S/2C4H6OS/c2*1-3-4(6)5-2/h2*3H,1H2,2H3. The van der Waals surface area contributed by atoms with Gasteiger partial charge in [0.05, 0.1) is 14.2 Å². The van der Waals surface area contributed by atoms with Crippen molar-refractivity contribution in [3.8, 4) is 0 Å². The zero-order valence-electron chi connectivity index (χ0n) is 7.20. The molecule has 0 fully saturated rings. The number of hydrogen-bond donors (Lipinski definition) is 0. The molecule has 0 rings (SSSR count). The van der Waals surface area contributed by atoms with Crippen molar-refractivity contribution in [3.05, 3.63) is 25.3 Å². The fraction of sp³-hybridized carbons (Fsp3) is 0.250. The van der Waals surface area contributed by atoms with Gasteiger partial charge in [-0.25, -0.2) is 0 Å². The summed E-state index contributed by atoms with van der Waals surface area (Å²) in [7, 11) is 3.04. The second kappa shape index (κ2) is 10.3. The summed E-state index contributed by atoms with van der Waals surface area (Å²) in [5.74, 6) is 0. The van der Waals surface area contributed by atoms with Gasteiger partial charge in [0.2, 0.25) is 0 Å². The van der Waals surface area contributed by atoms with Crippen molar-refractivity contribution in [2.45, 2.75) is 0 Å². The maximum absolute atomic E-state index is 4.52. The molecule has 0 unspecified atom stereocenters. The lowest BCUT2D eigenvalue weighted by Crippen LogP contribution is -1.87. The fourth-order valence-corrected chi connectivity index (χ4v) is 0.167. The quantitative estimate of drug-likeness (QED) is 0.507. The number of methoxy groups -OCH3 is 2. The Balaban J connectivity index is 0. The molecule has 0 aromatic heterocycles. The highest BCUT2D eigenvalue weighted by molar-refractivity contribution is 7.80. The van der Waals surface area contributed by atoms with E-state index in [4.69, 9.17) is 0 Å². The Hall–Kier alpha value is -0.740. The van der Waals surface area contributed by atoms with E-state index in [1.807, 2.05) is 0 Å². The van der Waals surface area contributed by atoms with Crippen LogP contribution in [0.2, 0.25) is 0 Å². The molecule has 12 heavy (non-hydrogen) atoms. The number of ether oxygens (including phenoxy) is 2. The maximum atomic E-state index is 4.52. The van der Waals surface area contributed by atoms with Crippen LogP contribution in [0.1, 0.15) is 0 Å². The predicted octanol–water partition coefficient (Wildman–Crippen LogP) is 2.29. The predicted molar refractivity (Wildman–Crippen MR) is 59.6 cm³/mol. The second-order valence-electron chi connectivity index (χ2n) is 1.45. The van der Waals surface area contributed by atoms with Crippen LogP contribution >= 0.6 is 24.4 Å². The van der Waals surface area contributed by atoms with Crippen molar-refractivity contribution in [3.63, 3.8) is 0 Å². The largest absolute Gasteiger partial charge is 0.487 e. The van der Waals surface area contributed by atoms with Crippen LogP contribution in [0, 0.1) is 0 Å². The summed E-state index contributed by atoms with van der Waals surface area (Å²) in [4.78, 5) is 0. The molecule has 0 aliphatic heterocycles. The van der Waals surface area contributed by atoms with Crippen LogP contribution in [-0.4, -0.2) is 24.3 Å². The van der Waals surface area contributed by atoms with E-state index in [0.29, 0.717) is 10.1 Å². The Kier molecular flexibility index (Phi) is 11.8.